The highest BCUT2D eigenvalue weighted by Gasteiger charge is 2.24. The number of nitrogens with one attached hydrogen (secondary N) is 2. The van der Waals surface area contributed by atoms with Crippen molar-refractivity contribution in [3.63, 3.8) is 0 Å². The number of amides is 2. The molecule has 1 aromatic carbocycles. The van der Waals surface area contributed by atoms with Gasteiger partial charge in [-0.15, -0.1) is 0 Å². The van der Waals surface area contributed by atoms with E-state index in [0.717, 1.165) is 16.7 Å². The van der Waals surface area contributed by atoms with Gasteiger partial charge in [-0.2, -0.15) is 0 Å². The van der Waals surface area contributed by atoms with Crippen LogP contribution < -0.4 is 10.6 Å². The summed E-state index contributed by atoms with van der Waals surface area (Å²) >= 11 is 0. The highest BCUT2D eigenvalue weighted by Crippen LogP contribution is 2.23. The number of carbonyl (C=O) groups is 1. The molecule has 0 saturated heterocycles. The quantitative estimate of drug-likeness (QED) is 0.857. The zero-order valence-electron chi connectivity index (χ0n) is 13.4. The van der Waals surface area contributed by atoms with Crippen molar-refractivity contribution in [2.75, 3.05) is 0 Å². The molecule has 2 N–H and O–H groups in total. The Labute approximate surface area is 122 Å². The van der Waals surface area contributed by atoms with Gasteiger partial charge in [0, 0.05) is 5.54 Å². The second kappa shape index (κ2) is 5.70. The van der Waals surface area contributed by atoms with Gasteiger partial charge in [0.1, 0.15) is 0 Å². The fourth-order valence-corrected chi connectivity index (χ4v) is 1.90. The van der Waals surface area contributed by atoms with Gasteiger partial charge in [0.25, 0.3) is 0 Å². The summed E-state index contributed by atoms with van der Waals surface area (Å²) in [6.45, 7) is 15.8. The molecule has 0 fully saturated rings. The van der Waals surface area contributed by atoms with Crippen LogP contribution in [0.5, 0.6) is 0 Å². The minimum atomic E-state index is -0.444. The molecule has 0 aromatic heterocycles. The third-order valence-electron chi connectivity index (χ3n) is 2.99. The first-order valence-electron chi connectivity index (χ1n) is 6.88. The predicted molar refractivity (Wildman–Crippen MR) is 85.6 cm³/mol. The first kappa shape index (κ1) is 16.3. The summed E-state index contributed by atoms with van der Waals surface area (Å²) < 4.78 is 0. The predicted octanol–water partition coefficient (Wildman–Crippen LogP) is 4.05. The van der Waals surface area contributed by atoms with Gasteiger partial charge < -0.3 is 10.6 Å². The van der Waals surface area contributed by atoms with Crippen LogP contribution in [0.4, 0.5) is 4.79 Å². The van der Waals surface area contributed by atoms with Gasteiger partial charge in [-0.05, 0) is 58.7 Å². The number of urea groups is 1. The molecule has 0 unspecified atom stereocenters. The Morgan fingerprint density at radius 2 is 1.70 bits per heavy atom. The Morgan fingerprint density at radius 3 is 2.20 bits per heavy atom. The van der Waals surface area contributed by atoms with Gasteiger partial charge in [0.15, 0.2) is 0 Å². The van der Waals surface area contributed by atoms with Gasteiger partial charge in [0.05, 0.1) is 5.54 Å². The second-order valence-corrected chi connectivity index (χ2v) is 6.82. The molecule has 20 heavy (non-hydrogen) atoms. The Bertz CT molecular complexity index is 510. The topological polar surface area (TPSA) is 41.1 Å². The molecule has 0 radical (unpaired) electrons. The van der Waals surface area contributed by atoms with Crippen LogP contribution in [-0.4, -0.2) is 11.6 Å². The number of benzene rings is 1. The standard InChI is InChI=1S/C17H26N2O/c1-12(2)13-9-8-10-14(11-13)17(6,7)19-15(20)18-16(3,4)5/h8-11H,1H2,2-7H3,(H2,18,19,20). The van der Waals surface area contributed by atoms with Crippen LogP contribution >= 0.6 is 0 Å². The van der Waals surface area contributed by atoms with Crippen LogP contribution in [-0.2, 0) is 5.54 Å². The molecule has 2 amide bonds. The van der Waals surface area contributed by atoms with Gasteiger partial charge >= 0.3 is 6.03 Å². The van der Waals surface area contributed by atoms with Crippen molar-refractivity contribution in [3.05, 3.63) is 42.0 Å². The Hall–Kier alpha value is -1.77. The molecular formula is C17H26N2O. The Morgan fingerprint density at radius 1 is 1.10 bits per heavy atom. The summed E-state index contributed by atoms with van der Waals surface area (Å²) in [7, 11) is 0. The molecule has 0 spiro atoms. The summed E-state index contributed by atoms with van der Waals surface area (Å²) in [6.07, 6.45) is 0. The average Bonchev–Trinajstić information content (AvgIpc) is 2.25. The number of allylic oxidation sites excluding steroid dienone is 1. The van der Waals surface area contributed by atoms with E-state index < -0.39 is 5.54 Å². The lowest BCUT2D eigenvalue weighted by Crippen LogP contribution is -2.52. The van der Waals surface area contributed by atoms with E-state index in [4.69, 9.17) is 0 Å². The Kier molecular flexibility index (Phi) is 4.64. The fraction of sp³-hybridized carbons (Fsp3) is 0.471. The summed E-state index contributed by atoms with van der Waals surface area (Å²) in [6, 6.07) is 7.94. The number of carbonyl (C=O) groups excluding carboxylic acids is 1. The lowest BCUT2D eigenvalue weighted by Gasteiger charge is -2.30. The third kappa shape index (κ3) is 4.72. The molecule has 0 aliphatic rings. The van der Waals surface area contributed by atoms with Crippen molar-refractivity contribution >= 4 is 11.6 Å². The monoisotopic (exact) mass is 274 g/mol. The van der Waals surface area contributed by atoms with E-state index in [1.165, 1.54) is 0 Å². The summed E-state index contributed by atoms with van der Waals surface area (Å²) in [5.41, 5.74) is 2.47. The van der Waals surface area contributed by atoms with Crippen LogP contribution in [0.1, 0.15) is 52.7 Å². The molecule has 0 saturated carbocycles. The van der Waals surface area contributed by atoms with Crippen molar-refractivity contribution < 1.29 is 4.79 Å². The smallest absolute Gasteiger partial charge is 0.315 e. The number of hydrogen-bond acceptors (Lipinski definition) is 1. The van der Waals surface area contributed by atoms with Crippen LogP contribution in [0.3, 0.4) is 0 Å². The molecular weight excluding hydrogens is 248 g/mol. The highest BCUT2D eigenvalue weighted by molar-refractivity contribution is 5.76. The molecule has 0 aliphatic carbocycles. The van der Waals surface area contributed by atoms with Gasteiger partial charge in [-0.25, -0.2) is 4.79 Å². The fourth-order valence-electron chi connectivity index (χ4n) is 1.90. The summed E-state index contributed by atoms with van der Waals surface area (Å²) in [5, 5.41) is 5.93. The van der Waals surface area contributed by atoms with E-state index in [-0.39, 0.29) is 11.6 Å². The van der Waals surface area contributed by atoms with Gasteiger partial charge in [0.2, 0.25) is 0 Å². The maximum Gasteiger partial charge on any atom is 0.315 e. The van der Waals surface area contributed by atoms with Crippen LogP contribution in [0, 0.1) is 0 Å². The first-order valence-corrected chi connectivity index (χ1v) is 6.88. The SMILES string of the molecule is C=C(C)c1cccc(C(C)(C)NC(=O)NC(C)(C)C)c1. The molecule has 0 heterocycles. The molecule has 0 atom stereocenters. The van der Waals surface area contributed by atoms with E-state index in [2.05, 4.69) is 23.3 Å². The lowest BCUT2D eigenvalue weighted by atomic mass is 9.92. The zero-order chi connectivity index (χ0) is 15.6. The minimum absolute atomic E-state index is 0.164. The van der Waals surface area contributed by atoms with Gasteiger partial charge in [-0.3, -0.25) is 0 Å². The molecule has 1 aromatic rings. The van der Waals surface area contributed by atoms with Crippen LogP contribution in [0.25, 0.3) is 5.57 Å². The minimum Gasteiger partial charge on any atom is -0.334 e. The van der Waals surface area contributed by atoms with Gasteiger partial charge in [-0.1, -0.05) is 30.4 Å². The molecule has 0 aliphatic heterocycles. The van der Waals surface area contributed by atoms with Crippen LogP contribution in [0.15, 0.2) is 30.8 Å². The summed E-state index contributed by atoms with van der Waals surface area (Å²) in [4.78, 5) is 12.0. The van der Waals surface area contributed by atoms with Crippen molar-refractivity contribution in [1.82, 2.24) is 10.6 Å². The third-order valence-corrected chi connectivity index (χ3v) is 2.99. The highest BCUT2D eigenvalue weighted by atomic mass is 16.2. The number of rotatable bonds is 3. The summed E-state index contributed by atoms with van der Waals surface area (Å²) in [5.74, 6) is 0. The average molecular weight is 274 g/mol. The maximum absolute atomic E-state index is 12.0. The molecule has 0 bridgehead atoms. The largest absolute Gasteiger partial charge is 0.334 e. The molecule has 3 heteroatoms. The van der Waals surface area contributed by atoms with Crippen molar-refractivity contribution in [2.45, 2.75) is 52.6 Å². The first-order chi connectivity index (χ1) is 9.01. The van der Waals surface area contributed by atoms with E-state index in [1.807, 2.05) is 59.7 Å². The van der Waals surface area contributed by atoms with E-state index in [9.17, 15) is 4.79 Å². The van der Waals surface area contributed by atoms with Crippen molar-refractivity contribution in [3.8, 4) is 0 Å². The molecule has 110 valence electrons. The van der Waals surface area contributed by atoms with E-state index >= 15 is 0 Å². The van der Waals surface area contributed by atoms with E-state index in [0.29, 0.717) is 0 Å². The molecule has 1 rings (SSSR count). The second-order valence-electron chi connectivity index (χ2n) is 6.82. The Balaban J connectivity index is 2.90. The lowest BCUT2D eigenvalue weighted by molar-refractivity contribution is 0.221. The van der Waals surface area contributed by atoms with Crippen molar-refractivity contribution in [2.24, 2.45) is 0 Å². The maximum atomic E-state index is 12.0. The normalized spacial score (nSPS) is 11.9. The van der Waals surface area contributed by atoms with Crippen LogP contribution in [0.2, 0.25) is 0 Å². The van der Waals surface area contributed by atoms with Crippen molar-refractivity contribution in [1.29, 1.82) is 0 Å². The zero-order valence-corrected chi connectivity index (χ0v) is 13.4. The molecule has 3 nitrogen and oxygen atoms in total. The number of hydrogen-bond donors (Lipinski definition) is 2. The van der Waals surface area contributed by atoms with E-state index in [1.54, 1.807) is 0 Å².